The average Bonchev–Trinajstić information content (AvgIpc) is 2.81. The van der Waals surface area contributed by atoms with Crippen molar-refractivity contribution >= 4 is 0 Å². The number of benzene rings is 1. The zero-order valence-corrected chi connectivity index (χ0v) is 19.7. The molecule has 0 aliphatic carbocycles. The van der Waals surface area contributed by atoms with Gasteiger partial charge in [0.15, 0.2) is 11.6 Å². The van der Waals surface area contributed by atoms with E-state index in [9.17, 15) is 0 Å². The van der Waals surface area contributed by atoms with E-state index in [0.29, 0.717) is 5.82 Å². The molecule has 0 bridgehead atoms. The molecule has 1 aromatic carbocycles. The predicted molar refractivity (Wildman–Crippen MR) is 129 cm³/mol. The van der Waals surface area contributed by atoms with E-state index < -0.39 is 0 Å². The van der Waals surface area contributed by atoms with Crippen molar-refractivity contribution in [3.05, 3.63) is 49.0 Å². The molecule has 1 atom stereocenters. The number of nitrogens with zero attached hydrogens (tertiary/aromatic N) is 2. The molecule has 2 rings (SSSR count). The fourth-order valence-electron chi connectivity index (χ4n) is 3.27. The molecular weight excluding hydrogens is 384 g/mol. The smallest absolute Gasteiger partial charge is 0.159 e. The van der Waals surface area contributed by atoms with E-state index in [4.69, 9.17) is 9.47 Å². The van der Waals surface area contributed by atoms with Crippen molar-refractivity contribution in [1.29, 1.82) is 0 Å². The highest BCUT2D eigenvalue weighted by atomic mass is 16.5. The van der Waals surface area contributed by atoms with E-state index in [1.165, 1.54) is 51.4 Å². The van der Waals surface area contributed by atoms with Crippen LogP contribution in [0.15, 0.2) is 49.0 Å². The fourth-order valence-corrected chi connectivity index (χ4v) is 3.27. The van der Waals surface area contributed by atoms with Gasteiger partial charge in [0, 0.05) is 5.56 Å². The minimum atomic E-state index is 0.693. The van der Waals surface area contributed by atoms with Crippen LogP contribution in [0.3, 0.4) is 0 Å². The number of aromatic nitrogens is 2. The summed E-state index contributed by atoms with van der Waals surface area (Å²) in [5, 5.41) is 0. The average molecular weight is 425 g/mol. The van der Waals surface area contributed by atoms with Crippen molar-refractivity contribution in [1.82, 2.24) is 9.97 Å². The largest absolute Gasteiger partial charge is 0.490 e. The van der Waals surface area contributed by atoms with Gasteiger partial charge in [-0.2, -0.15) is 0 Å². The maximum Gasteiger partial charge on any atom is 0.159 e. The number of unbranched alkanes of at least 4 members (excludes halogenated alkanes) is 6. The Hall–Kier alpha value is -2.36. The summed E-state index contributed by atoms with van der Waals surface area (Å²) in [4.78, 5) is 8.90. The molecule has 0 saturated carbocycles. The SMILES string of the molecule is CCCCCCC=COc1ccc(-c2ncc(OCCCCCC(C)CC)cn2)cc1. The van der Waals surface area contributed by atoms with E-state index in [2.05, 4.69) is 36.8 Å². The zero-order chi connectivity index (χ0) is 22.2. The van der Waals surface area contributed by atoms with Crippen LogP contribution in [0, 0.1) is 5.92 Å². The highest BCUT2D eigenvalue weighted by Gasteiger charge is 2.03. The number of ether oxygens (including phenoxy) is 2. The second kappa shape index (κ2) is 15.4. The molecule has 2 aromatic rings. The van der Waals surface area contributed by atoms with Gasteiger partial charge in [-0.25, -0.2) is 9.97 Å². The lowest BCUT2D eigenvalue weighted by atomic mass is 10.0. The summed E-state index contributed by atoms with van der Waals surface area (Å²) in [7, 11) is 0. The number of hydrogen-bond donors (Lipinski definition) is 0. The molecule has 0 aliphatic heterocycles. The Morgan fingerprint density at radius 3 is 2.32 bits per heavy atom. The van der Waals surface area contributed by atoms with Gasteiger partial charge in [0.25, 0.3) is 0 Å². The Kier molecular flexibility index (Phi) is 12.4. The molecule has 0 N–H and O–H groups in total. The quantitative estimate of drug-likeness (QED) is 0.202. The lowest BCUT2D eigenvalue weighted by Gasteiger charge is -2.08. The van der Waals surface area contributed by atoms with Gasteiger partial charge in [-0.1, -0.05) is 65.7 Å². The minimum absolute atomic E-state index is 0.693. The predicted octanol–water partition coefficient (Wildman–Crippen LogP) is 7.99. The van der Waals surface area contributed by atoms with Crippen molar-refractivity contribution < 1.29 is 9.47 Å². The Bertz CT molecular complexity index is 726. The van der Waals surface area contributed by atoms with Crippen LogP contribution < -0.4 is 9.47 Å². The van der Waals surface area contributed by atoms with Crippen molar-refractivity contribution in [2.45, 2.75) is 85.0 Å². The standard InChI is InChI=1S/C27H40N2O2/c1-4-6-7-8-9-12-19-30-25-17-15-24(16-18-25)27-28-21-26(22-29-27)31-20-13-10-11-14-23(3)5-2/h12,15-19,21-23H,4-11,13-14,20H2,1-3H3. The van der Waals surface area contributed by atoms with E-state index in [-0.39, 0.29) is 0 Å². The molecule has 4 heteroatoms. The summed E-state index contributed by atoms with van der Waals surface area (Å²) < 4.78 is 11.5. The molecule has 4 nitrogen and oxygen atoms in total. The van der Waals surface area contributed by atoms with Crippen molar-refractivity contribution in [3.63, 3.8) is 0 Å². The molecule has 0 radical (unpaired) electrons. The van der Waals surface area contributed by atoms with Gasteiger partial charge in [0.05, 0.1) is 25.3 Å². The third-order valence-corrected chi connectivity index (χ3v) is 5.57. The highest BCUT2D eigenvalue weighted by Crippen LogP contribution is 2.21. The van der Waals surface area contributed by atoms with Crippen molar-refractivity contribution in [2.75, 3.05) is 6.61 Å². The van der Waals surface area contributed by atoms with Crippen LogP contribution in [0.25, 0.3) is 11.4 Å². The van der Waals surface area contributed by atoms with E-state index >= 15 is 0 Å². The van der Waals surface area contributed by atoms with Crippen LogP contribution in [0.4, 0.5) is 0 Å². The number of rotatable bonds is 16. The molecule has 0 saturated heterocycles. The Morgan fingerprint density at radius 2 is 1.61 bits per heavy atom. The van der Waals surface area contributed by atoms with Crippen LogP contribution >= 0.6 is 0 Å². The normalized spacial score (nSPS) is 12.2. The molecule has 0 fully saturated rings. The van der Waals surface area contributed by atoms with Crippen molar-refractivity contribution in [3.8, 4) is 22.9 Å². The molecule has 31 heavy (non-hydrogen) atoms. The summed E-state index contributed by atoms with van der Waals surface area (Å²) in [6, 6.07) is 7.86. The van der Waals surface area contributed by atoms with Crippen LogP contribution in [0.2, 0.25) is 0 Å². The first-order valence-electron chi connectivity index (χ1n) is 12.1. The van der Waals surface area contributed by atoms with Gasteiger partial charge in [-0.15, -0.1) is 0 Å². The van der Waals surface area contributed by atoms with Gasteiger partial charge in [0.1, 0.15) is 5.75 Å². The number of hydrogen-bond acceptors (Lipinski definition) is 4. The molecule has 170 valence electrons. The molecular formula is C27H40N2O2. The van der Waals surface area contributed by atoms with Gasteiger partial charge in [-0.3, -0.25) is 0 Å². The zero-order valence-electron chi connectivity index (χ0n) is 19.7. The molecule has 1 unspecified atom stereocenters. The molecule has 0 spiro atoms. The molecule has 1 aromatic heterocycles. The summed E-state index contributed by atoms with van der Waals surface area (Å²) in [5.41, 5.74) is 0.965. The first-order valence-corrected chi connectivity index (χ1v) is 12.1. The Balaban J connectivity index is 1.69. The molecule has 0 amide bonds. The summed E-state index contributed by atoms with van der Waals surface area (Å²) in [5.74, 6) is 3.08. The number of allylic oxidation sites excluding steroid dienone is 1. The van der Waals surface area contributed by atoms with Crippen LogP contribution in [0.5, 0.6) is 11.5 Å². The van der Waals surface area contributed by atoms with Crippen molar-refractivity contribution in [2.24, 2.45) is 5.92 Å². The lowest BCUT2D eigenvalue weighted by molar-refractivity contribution is 0.300. The van der Waals surface area contributed by atoms with Gasteiger partial charge < -0.3 is 9.47 Å². The first-order chi connectivity index (χ1) is 15.2. The summed E-state index contributed by atoms with van der Waals surface area (Å²) in [6.45, 7) is 7.53. The van der Waals surface area contributed by atoms with E-state index in [1.54, 1.807) is 18.7 Å². The topological polar surface area (TPSA) is 44.2 Å². The second-order valence-electron chi connectivity index (χ2n) is 8.32. The van der Waals surface area contributed by atoms with Gasteiger partial charge in [-0.05, 0) is 55.5 Å². The van der Waals surface area contributed by atoms with Gasteiger partial charge in [0.2, 0.25) is 0 Å². The third-order valence-electron chi connectivity index (χ3n) is 5.57. The molecule has 0 aliphatic rings. The maximum atomic E-state index is 5.78. The lowest BCUT2D eigenvalue weighted by Crippen LogP contribution is -2.00. The summed E-state index contributed by atoms with van der Waals surface area (Å²) in [6.07, 6.45) is 19.7. The Morgan fingerprint density at radius 1 is 0.871 bits per heavy atom. The first kappa shape index (κ1) is 24.9. The maximum absolute atomic E-state index is 5.78. The van der Waals surface area contributed by atoms with Crippen LogP contribution in [0.1, 0.15) is 85.0 Å². The Labute approximate surface area is 189 Å². The van der Waals surface area contributed by atoms with E-state index in [1.807, 2.05) is 24.3 Å². The van der Waals surface area contributed by atoms with E-state index in [0.717, 1.165) is 42.4 Å². The van der Waals surface area contributed by atoms with Gasteiger partial charge >= 0.3 is 0 Å². The minimum Gasteiger partial charge on any atom is -0.490 e. The fraction of sp³-hybridized carbons (Fsp3) is 0.556. The highest BCUT2D eigenvalue weighted by molar-refractivity contribution is 5.56. The van der Waals surface area contributed by atoms with Crippen LogP contribution in [-0.2, 0) is 0 Å². The second-order valence-corrected chi connectivity index (χ2v) is 8.32. The molecule has 1 heterocycles. The summed E-state index contributed by atoms with van der Waals surface area (Å²) >= 11 is 0. The third kappa shape index (κ3) is 10.5. The monoisotopic (exact) mass is 424 g/mol. The van der Waals surface area contributed by atoms with Crippen LogP contribution in [-0.4, -0.2) is 16.6 Å².